The van der Waals surface area contributed by atoms with Crippen LogP contribution in [0, 0.1) is 10.1 Å². The van der Waals surface area contributed by atoms with Gasteiger partial charge >= 0.3 is 0 Å². The zero-order valence-corrected chi connectivity index (χ0v) is 18.7. The average Bonchev–Trinajstić information content (AvgIpc) is 2.84. The molecule has 7 heteroatoms. The Morgan fingerprint density at radius 2 is 1.62 bits per heavy atom. The first-order valence-corrected chi connectivity index (χ1v) is 10.6. The molecule has 1 N–H and O–H groups in total. The lowest BCUT2D eigenvalue weighted by molar-refractivity contribution is -0.384. The largest absolute Gasteiger partial charge is 0.374 e. The second kappa shape index (κ2) is 7.72. The number of nitro benzene ring substituents is 1. The van der Waals surface area contributed by atoms with Crippen LogP contribution in [0.4, 0.5) is 17.1 Å². The van der Waals surface area contributed by atoms with E-state index in [0.29, 0.717) is 12.1 Å². The van der Waals surface area contributed by atoms with Crippen molar-refractivity contribution >= 4 is 54.6 Å². The van der Waals surface area contributed by atoms with Crippen molar-refractivity contribution in [2.24, 2.45) is 4.99 Å². The zero-order chi connectivity index (χ0) is 20.6. The molecule has 1 aliphatic rings. The van der Waals surface area contributed by atoms with E-state index >= 15 is 0 Å². The first-order valence-electron chi connectivity index (χ1n) is 9.00. The van der Waals surface area contributed by atoms with Crippen LogP contribution in [0.5, 0.6) is 0 Å². The van der Waals surface area contributed by atoms with E-state index < -0.39 is 10.5 Å². The van der Waals surface area contributed by atoms with Gasteiger partial charge in [0.1, 0.15) is 0 Å². The van der Waals surface area contributed by atoms with E-state index in [4.69, 9.17) is 4.99 Å². The summed E-state index contributed by atoms with van der Waals surface area (Å²) in [4.78, 5) is 15.7. The van der Waals surface area contributed by atoms with Gasteiger partial charge in [-0.1, -0.05) is 56.1 Å². The maximum atomic E-state index is 11.3. The van der Waals surface area contributed by atoms with Crippen LogP contribution in [0.15, 0.2) is 80.7 Å². The molecule has 0 fully saturated rings. The minimum Gasteiger partial charge on any atom is -0.374 e. The molecule has 0 saturated heterocycles. The zero-order valence-electron chi connectivity index (χ0n) is 15.5. The molecule has 3 aromatic rings. The summed E-state index contributed by atoms with van der Waals surface area (Å²) in [6.07, 6.45) is 0.624. The molecule has 1 atom stereocenters. The third-order valence-corrected chi connectivity index (χ3v) is 6.10. The number of halogens is 2. The van der Waals surface area contributed by atoms with Crippen LogP contribution in [0.1, 0.15) is 24.5 Å². The number of nitro groups is 1. The van der Waals surface area contributed by atoms with Gasteiger partial charge in [0, 0.05) is 27.5 Å². The molecular weight excluding hydrogens is 498 g/mol. The van der Waals surface area contributed by atoms with Crippen LogP contribution in [-0.4, -0.2) is 10.6 Å². The number of hydrogen-bond acceptors (Lipinski definition) is 4. The van der Waals surface area contributed by atoms with Gasteiger partial charge in [-0.15, -0.1) is 0 Å². The van der Waals surface area contributed by atoms with Crippen molar-refractivity contribution in [3.05, 3.63) is 96.9 Å². The molecule has 29 heavy (non-hydrogen) atoms. The maximum Gasteiger partial charge on any atom is 0.271 e. The summed E-state index contributed by atoms with van der Waals surface area (Å²) in [6.45, 7) is 2.13. The quantitative estimate of drug-likeness (QED) is 0.303. The fraction of sp³-hybridized carbons (Fsp3) is 0.136. The number of aliphatic imine (C=N–C) groups is 1. The molecule has 146 valence electrons. The number of nitrogens with one attached hydrogen (secondary N) is 1. The molecule has 0 spiro atoms. The molecule has 0 aliphatic carbocycles. The molecule has 1 unspecified atom stereocenters. The predicted molar refractivity (Wildman–Crippen MR) is 123 cm³/mol. The van der Waals surface area contributed by atoms with Crippen molar-refractivity contribution in [3.63, 3.8) is 0 Å². The van der Waals surface area contributed by atoms with Gasteiger partial charge in [-0.2, -0.15) is 0 Å². The minimum atomic E-state index is -0.437. The average molecular weight is 515 g/mol. The number of nitrogens with zero attached hydrogens (tertiary/aromatic N) is 2. The maximum absolute atomic E-state index is 11.3. The Balaban J connectivity index is 1.88. The SMILES string of the molecule is CC1(c2ccc(Br)cc2)CC(c2ccc(Br)cc2)=Nc2cc([N+](=O)[O-])ccc2N1. The number of fused-ring (bicyclic) bond motifs is 1. The fourth-order valence-electron chi connectivity index (χ4n) is 3.49. The standard InChI is InChI=1S/C22H17Br2N3O2/c1-22(15-4-8-17(24)9-5-15)13-21(14-2-6-16(23)7-3-14)25-20-12-18(27(28)29)10-11-19(20)26-22/h2-12,26H,13H2,1H3. The smallest absolute Gasteiger partial charge is 0.271 e. The van der Waals surface area contributed by atoms with E-state index in [1.165, 1.54) is 12.1 Å². The van der Waals surface area contributed by atoms with Crippen LogP contribution < -0.4 is 5.32 Å². The molecule has 0 bridgehead atoms. The molecular formula is C22H17Br2N3O2. The molecule has 0 radical (unpaired) electrons. The van der Waals surface area contributed by atoms with E-state index in [9.17, 15) is 10.1 Å². The fourth-order valence-corrected chi connectivity index (χ4v) is 4.02. The second-order valence-corrected chi connectivity index (χ2v) is 9.00. The Labute approximate surface area is 185 Å². The van der Waals surface area contributed by atoms with Gasteiger partial charge in [0.2, 0.25) is 0 Å². The highest BCUT2D eigenvalue weighted by Crippen LogP contribution is 2.41. The van der Waals surface area contributed by atoms with Gasteiger partial charge in [0.15, 0.2) is 0 Å². The first kappa shape index (κ1) is 19.8. The van der Waals surface area contributed by atoms with Crippen molar-refractivity contribution in [2.45, 2.75) is 18.9 Å². The Bertz CT molecular complexity index is 1110. The lowest BCUT2D eigenvalue weighted by Gasteiger charge is -2.32. The normalized spacial score (nSPS) is 18.2. The van der Waals surface area contributed by atoms with Crippen LogP contribution in [0.3, 0.4) is 0 Å². The van der Waals surface area contributed by atoms with Crippen LogP contribution >= 0.6 is 31.9 Å². The van der Waals surface area contributed by atoms with Crippen molar-refractivity contribution in [3.8, 4) is 0 Å². The molecule has 0 amide bonds. The summed E-state index contributed by atoms with van der Waals surface area (Å²) in [5.74, 6) is 0. The minimum absolute atomic E-state index is 0.0247. The number of hydrogen-bond donors (Lipinski definition) is 1. The monoisotopic (exact) mass is 513 g/mol. The van der Waals surface area contributed by atoms with Crippen molar-refractivity contribution in [1.82, 2.24) is 0 Å². The highest BCUT2D eigenvalue weighted by molar-refractivity contribution is 9.10. The molecule has 4 rings (SSSR count). The number of rotatable bonds is 3. The summed E-state index contributed by atoms with van der Waals surface area (Å²) >= 11 is 6.96. The topological polar surface area (TPSA) is 67.5 Å². The van der Waals surface area contributed by atoms with Gasteiger partial charge in [0.25, 0.3) is 5.69 Å². The second-order valence-electron chi connectivity index (χ2n) is 7.16. The molecule has 0 saturated carbocycles. The third-order valence-electron chi connectivity index (χ3n) is 5.04. The molecule has 3 aromatic carbocycles. The summed E-state index contributed by atoms with van der Waals surface area (Å²) in [6, 6.07) is 20.9. The van der Waals surface area contributed by atoms with Crippen LogP contribution in [0.25, 0.3) is 0 Å². The molecule has 1 heterocycles. The van der Waals surface area contributed by atoms with Gasteiger partial charge < -0.3 is 5.32 Å². The van der Waals surface area contributed by atoms with Crippen molar-refractivity contribution < 1.29 is 4.92 Å². The Hall–Kier alpha value is -2.51. The van der Waals surface area contributed by atoms with Gasteiger partial charge in [-0.25, -0.2) is 0 Å². The van der Waals surface area contributed by atoms with Crippen LogP contribution in [0.2, 0.25) is 0 Å². The van der Waals surface area contributed by atoms with E-state index in [1.54, 1.807) is 6.07 Å². The number of non-ortho nitro benzene ring substituents is 1. The third kappa shape index (κ3) is 4.11. The summed E-state index contributed by atoms with van der Waals surface area (Å²) in [7, 11) is 0. The van der Waals surface area contributed by atoms with Gasteiger partial charge in [-0.05, 0) is 48.4 Å². The lowest BCUT2D eigenvalue weighted by atomic mass is 9.85. The van der Waals surface area contributed by atoms with E-state index in [1.807, 2.05) is 36.4 Å². The lowest BCUT2D eigenvalue weighted by Crippen LogP contribution is -2.33. The highest BCUT2D eigenvalue weighted by Gasteiger charge is 2.32. The Morgan fingerprint density at radius 3 is 2.24 bits per heavy atom. The van der Waals surface area contributed by atoms with Crippen LogP contribution in [-0.2, 0) is 5.54 Å². The Morgan fingerprint density at radius 1 is 1.00 bits per heavy atom. The highest BCUT2D eigenvalue weighted by atomic mass is 79.9. The summed E-state index contributed by atoms with van der Waals surface area (Å²) in [5.41, 5.74) is 3.89. The number of benzene rings is 3. The van der Waals surface area contributed by atoms with E-state index in [-0.39, 0.29) is 5.69 Å². The van der Waals surface area contributed by atoms with Crippen molar-refractivity contribution in [2.75, 3.05) is 5.32 Å². The van der Waals surface area contributed by atoms with Gasteiger partial charge in [0.05, 0.1) is 27.5 Å². The van der Waals surface area contributed by atoms with E-state index in [2.05, 4.69) is 56.2 Å². The summed E-state index contributed by atoms with van der Waals surface area (Å²) < 4.78 is 2.00. The molecule has 0 aromatic heterocycles. The Kier molecular flexibility index (Phi) is 5.27. The first-order chi connectivity index (χ1) is 13.8. The molecule has 5 nitrogen and oxygen atoms in total. The van der Waals surface area contributed by atoms with Gasteiger partial charge in [-0.3, -0.25) is 15.1 Å². The summed E-state index contributed by atoms with van der Waals surface area (Å²) in [5, 5.41) is 14.9. The number of anilines is 1. The molecule has 1 aliphatic heterocycles. The van der Waals surface area contributed by atoms with E-state index in [0.717, 1.165) is 31.5 Å². The van der Waals surface area contributed by atoms with Crippen molar-refractivity contribution in [1.29, 1.82) is 0 Å². The predicted octanol–water partition coefficient (Wildman–Crippen LogP) is 6.97.